The smallest absolute Gasteiger partial charge is 0.283 e. The standard InChI is InChI=1S/C19H13ClFN5O4S/c20-11-1-6-14(15(8-11)26(29)30)17(28)22-19-24-23-18(31-19)10-7-16(27)25(9-10)13-4-2-12(21)3-5-13/h1-6,8,10H,7,9H2,(H,22,24,28). The molecule has 1 unspecified atom stereocenters. The molecule has 2 aromatic carbocycles. The summed E-state index contributed by atoms with van der Waals surface area (Å²) in [4.78, 5) is 36.9. The first-order valence-electron chi connectivity index (χ1n) is 8.96. The molecule has 1 N–H and O–H groups in total. The van der Waals surface area contributed by atoms with Gasteiger partial charge in [-0.3, -0.25) is 25.0 Å². The van der Waals surface area contributed by atoms with E-state index in [2.05, 4.69) is 15.5 Å². The van der Waals surface area contributed by atoms with Crippen LogP contribution in [0.4, 0.5) is 20.9 Å². The number of carbonyl (C=O) groups excluding carboxylic acids is 2. The van der Waals surface area contributed by atoms with Crippen molar-refractivity contribution < 1.29 is 18.9 Å². The molecule has 2 amide bonds. The Hall–Kier alpha value is -3.44. The first kappa shape index (κ1) is 20.8. The van der Waals surface area contributed by atoms with E-state index in [1.165, 1.54) is 36.4 Å². The Morgan fingerprint density at radius 2 is 2.00 bits per heavy atom. The lowest BCUT2D eigenvalue weighted by atomic mass is 10.1. The van der Waals surface area contributed by atoms with Crippen LogP contribution in [0.2, 0.25) is 5.02 Å². The third kappa shape index (κ3) is 4.37. The number of nitrogens with zero attached hydrogens (tertiary/aromatic N) is 4. The van der Waals surface area contributed by atoms with Crippen molar-refractivity contribution in [1.29, 1.82) is 0 Å². The molecule has 1 aromatic heterocycles. The van der Waals surface area contributed by atoms with Crippen molar-refractivity contribution in [3.05, 3.63) is 74.0 Å². The number of aromatic nitrogens is 2. The van der Waals surface area contributed by atoms with Gasteiger partial charge in [-0.2, -0.15) is 0 Å². The maximum Gasteiger partial charge on any atom is 0.283 e. The van der Waals surface area contributed by atoms with Crippen LogP contribution in [0.25, 0.3) is 0 Å². The predicted octanol–water partition coefficient (Wildman–Crippen LogP) is 4.01. The van der Waals surface area contributed by atoms with E-state index in [1.54, 1.807) is 4.90 Å². The van der Waals surface area contributed by atoms with Crippen molar-refractivity contribution in [1.82, 2.24) is 10.2 Å². The highest BCUT2D eigenvalue weighted by Gasteiger charge is 2.34. The Kier molecular flexibility index (Phi) is 5.61. The van der Waals surface area contributed by atoms with E-state index in [1.807, 2.05) is 0 Å². The fourth-order valence-corrected chi connectivity index (χ4v) is 4.20. The lowest BCUT2D eigenvalue weighted by Crippen LogP contribution is -2.24. The summed E-state index contributed by atoms with van der Waals surface area (Å²) in [6, 6.07) is 9.35. The molecular weight excluding hydrogens is 449 g/mol. The fraction of sp³-hybridized carbons (Fsp3) is 0.158. The molecule has 0 bridgehead atoms. The zero-order chi connectivity index (χ0) is 22.1. The van der Waals surface area contributed by atoms with Crippen molar-refractivity contribution in [2.45, 2.75) is 12.3 Å². The van der Waals surface area contributed by atoms with E-state index in [9.17, 15) is 24.1 Å². The van der Waals surface area contributed by atoms with Crippen molar-refractivity contribution in [3.8, 4) is 0 Å². The van der Waals surface area contributed by atoms with Crippen molar-refractivity contribution in [2.24, 2.45) is 0 Å². The van der Waals surface area contributed by atoms with Crippen LogP contribution in [0.5, 0.6) is 0 Å². The largest absolute Gasteiger partial charge is 0.312 e. The van der Waals surface area contributed by atoms with Gasteiger partial charge < -0.3 is 4.90 Å². The molecule has 0 aliphatic carbocycles. The van der Waals surface area contributed by atoms with Crippen LogP contribution in [0.1, 0.15) is 27.7 Å². The quantitative estimate of drug-likeness (QED) is 0.453. The van der Waals surface area contributed by atoms with Gasteiger partial charge in [0.05, 0.1) is 4.92 Å². The monoisotopic (exact) mass is 461 g/mol. The van der Waals surface area contributed by atoms with Gasteiger partial charge in [0.1, 0.15) is 16.4 Å². The number of rotatable bonds is 5. The molecule has 1 fully saturated rings. The Labute approximate surface area is 183 Å². The number of amides is 2. The van der Waals surface area contributed by atoms with Crippen molar-refractivity contribution >= 4 is 51.3 Å². The summed E-state index contributed by atoms with van der Waals surface area (Å²) in [6.45, 7) is 0.343. The van der Waals surface area contributed by atoms with E-state index in [0.29, 0.717) is 17.2 Å². The molecule has 0 spiro atoms. The van der Waals surface area contributed by atoms with Crippen LogP contribution in [0.3, 0.4) is 0 Å². The van der Waals surface area contributed by atoms with Gasteiger partial charge >= 0.3 is 0 Å². The van der Waals surface area contributed by atoms with Gasteiger partial charge in [-0.25, -0.2) is 4.39 Å². The number of hydrogen-bond acceptors (Lipinski definition) is 7. The zero-order valence-electron chi connectivity index (χ0n) is 15.6. The summed E-state index contributed by atoms with van der Waals surface area (Å²) in [5, 5.41) is 22.5. The molecule has 1 atom stereocenters. The molecule has 9 nitrogen and oxygen atoms in total. The van der Waals surface area contributed by atoms with Gasteiger partial charge in [0, 0.05) is 35.7 Å². The van der Waals surface area contributed by atoms with Crippen LogP contribution in [-0.4, -0.2) is 33.5 Å². The SMILES string of the molecule is O=C(Nc1nnc(C2CC(=O)N(c3ccc(F)cc3)C2)s1)c1ccc(Cl)cc1[N+](=O)[O-]. The molecule has 0 saturated carbocycles. The van der Waals surface area contributed by atoms with Gasteiger partial charge in [-0.15, -0.1) is 10.2 Å². The first-order valence-corrected chi connectivity index (χ1v) is 10.2. The molecule has 12 heteroatoms. The highest BCUT2D eigenvalue weighted by molar-refractivity contribution is 7.15. The van der Waals surface area contributed by atoms with Gasteiger partial charge in [0.2, 0.25) is 11.0 Å². The van der Waals surface area contributed by atoms with Crippen molar-refractivity contribution in [2.75, 3.05) is 16.8 Å². The number of nitro benzene ring substituents is 1. The Bertz CT molecular complexity index is 1190. The topological polar surface area (TPSA) is 118 Å². The molecule has 1 saturated heterocycles. The number of nitrogens with one attached hydrogen (secondary N) is 1. The predicted molar refractivity (Wildman–Crippen MR) is 112 cm³/mol. The average Bonchev–Trinajstić information content (AvgIpc) is 3.35. The maximum absolute atomic E-state index is 13.1. The van der Waals surface area contributed by atoms with Crippen LogP contribution in [-0.2, 0) is 4.79 Å². The van der Waals surface area contributed by atoms with Crippen LogP contribution in [0, 0.1) is 15.9 Å². The molecule has 4 rings (SSSR count). The number of halogens is 2. The van der Waals surface area contributed by atoms with E-state index < -0.39 is 22.3 Å². The van der Waals surface area contributed by atoms with Gasteiger partial charge in [-0.1, -0.05) is 22.9 Å². The van der Waals surface area contributed by atoms with E-state index in [-0.39, 0.29) is 34.0 Å². The first-order chi connectivity index (χ1) is 14.8. The van der Waals surface area contributed by atoms with Gasteiger partial charge in [-0.05, 0) is 36.4 Å². The molecule has 1 aliphatic rings. The summed E-state index contributed by atoms with van der Waals surface area (Å²) in [6.07, 6.45) is 0.197. The highest BCUT2D eigenvalue weighted by Crippen LogP contribution is 2.34. The Balaban J connectivity index is 1.48. The summed E-state index contributed by atoms with van der Waals surface area (Å²) in [5.41, 5.74) is -0.00210. The summed E-state index contributed by atoms with van der Waals surface area (Å²) >= 11 is 6.85. The second kappa shape index (κ2) is 8.36. The van der Waals surface area contributed by atoms with Crippen molar-refractivity contribution in [3.63, 3.8) is 0 Å². The number of benzene rings is 2. The zero-order valence-corrected chi connectivity index (χ0v) is 17.2. The van der Waals surface area contributed by atoms with Crippen LogP contribution in [0.15, 0.2) is 42.5 Å². The van der Waals surface area contributed by atoms with Crippen LogP contribution >= 0.6 is 22.9 Å². The molecule has 1 aliphatic heterocycles. The lowest BCUT2D eigenvalue weighted by molar-refractivity contribution is -0.385. The van der Waals surface area contributed by atoms with E-state index in [0.717, 1.165) is 17.4 Å². The minimum absolute atomic E-state index is 0.130. The molecule has 158 valence electrons. The Morgan fingerprint density at radius 1 is 1.26 bits per heavy atom. The molecule has 31 heavy (non-hydrogen) atoms. The number of carbonyl (C=O) groups is 2. The van der Waals surface area contributed by atoms with Gasteiger partial charge in [0.15, 0.2) is 0 Å². The van der Waals surface area contributed by atoms with E-state index >= 15 is 0 Å². The minimum Gasteiger partial charge on any atom is -0.312 e. The number of anilines is 2. The highest BCUT2D eigenvalue weighted by atomic mass is 35.5. The number of hydrogen-bond donors (Lipinski definition) is 1. The lowest BCUT2D eigenvalue weighted by Gasteiger charge is -2.16. The fourth-order valence-electron chi connectivity index (χ4n) is 3.21. The summed E-state index contributed by atoms with van der Waals surface area (Å²) < 4.78 is 13.1. The third-order valence-corrected chi connectivity index (χ3v) is 5.91. The Morgan fingerprint density at radius 3 is 2.71 bits per heavy atom. The second-order valence-electron chi connectivity index (χ2n) is 6.70. The van der Waals surface area contributed by atoms with E-state index in [4.69, 9.17) is 11.6 Å². The molecule has 3 aromatic rings. The summed E-state index contributed by atoms with van der Waals surface area (Å²) in [7, 11) is 0. The number of nitro groups is 1. The molecule has 0 radical (unpaired) electrons. The summed E-state index contributed by atoms with van der Waals surface area (Å²) in [5.74, 6) is -1.49. The molecular formula is C19H13ClFN5O4S. The maximum atomic E-state index is 13.1. The molecule has 2 heterocycles. The second-order valence-corrected chi connectivity index (χ2v) is 8.15. The third-order valence-electron chi connectivity index (χ3n) is 4.67. The van der Waals surface area contributed by atoms with Gasteiger partial charge in [0.25, 0.3) is 11.6 Å². The normalized spacial score (nSPS) is 15.9. The van der Waals surface area contributed by atoms with Crippen LogP contribution < -0.4 is 10.2 Å². The average molecular weight is 462 g/mol. The minimum atomic E-state index is -0.721.